The summed E-state index contributed by atoms with van der Waals surface area (Å²) in [5, 5.41) is 3.01. The average Bonchev–Trinajstić information content (AvgIpc) is 2.68. The van der Waals surface area contributed by atoms with E-state index in [0.717, 1.165) is 0 Å². The van der Waals surface area contributed by atoms with Crippen molar-refractivity contribution in [2.45, 2.75) is 0 Å². The molecule has 0 unspecified atom stereocenters. The van der Waals surface area contributed by atoms with Crippen LogP contribution in [0.25, 0.3) is 11.2 Å². The van der Waals surface area contributed by atoms with Gasteiger partial charge in [-0.25, -0.2) is 14.2 Å². The number of halogens is 1. The highest BCUT2D eigenvalue weighted by Crippen LogP contribution is 2.18. The fourth-order valence-corrected chi connectivity index (χ4v) is 1.72. The number of anilines is 2. The fraction of sp³-hybridized carbons (Fsp3) is 0. The molecule has 3 aromatic rings. The molecule has 1 aromatic carbocycles. The van der Waals surface area contributed by atoms with E-state index in [1.54, 1.807) is 24.4 Å². The van der Waals surface area contributed by atoms with Gasteiger partial charge in [-0.05, 0) is 24.3 Å². The molecular formula is C12H9FN4O. The average molecular weight is 244 g/mol. The molecule has 0 saturated heterocycles. The quantitative estimate of drug-likeness (QED) is 0.646. The first kappa shape index (κ1) is 10.5. The highest BCUT2D eigenvalue weighted by molar-refractivity contribution is 5.75. The maximum atomic E-state index is 13.0. The van der Waals surface area contributed by atoms with Crippen molar-refractivity contribution in [1.29, 1.82) is 0 Å². The van der Waals surface area contributed by atoms with Crippen molar-refractivity contribution in [2.24, 2.45) is 0 Å². The largest absolute Gasteiger partial charge is 0.354 e. The molecule has 0 radical (unpaired) electrons. The smallest absolute Gasteiger partial charge is 0.325 e. The van der Waals surface area contributed by atoms with Crippen molar-refractivity contribution in [3.63, 3.8) is 0 Å². The normalized spacial score (nSPS) is 10.7. The van der Waals surface area contributed by atoms with E-state index in [1.165, 1.54) is 12.1 Å². The van der Waals surface area contributed by atoms with Gasteiger partial charge in [0.25, 0.3) is 0 Å². The second kappa shape index (κ2) is 3.99. The number of hydrogen-bond donors (Lipinski definition) is 3. The van der Waals surface area contributed by atoms with E-state index in [2.05, 4.69) is 20.3 Å². The van der Waals surface area contributed by atoms with Crippen LogP contribution < -0.4 is 11.0 Å². The van der Waals surface area contributed by atoms with Crippen molar-refractivity contribution in [3.05, 3.63) is 52.8 Å². The van der Waals surface area contributed by atoms with Crippen LogP contribution in [-0.4, -0.2) is 15.0 Å². The van der Waals surface area contributed by atoms with Gasteiger partial charge in [0.05, 0.1) is 17.4 Å². The van der Waals surface area contributed by atoms with E-state index >= 15 is 0 Å². The highest BCUT2D eigenvalue weighted by atomic mass is 19.1. The lowest BCUT2D eigenvalue weighted by atomic mass is 10.3. The number of hydrogen-bond acceptors (Lipinski definition) is 3. The van der Waals surface area contributed by atoms with Gasteiger partial charge in [0.2, 0.25) is 0 Å². The minimum Gasteiger partial charge on any atom is -0.354 e. The van der Waals surface area contributed by atoms with Gasteiger partial charge in [0.15, 0.2) is 5.65 Å². The first-order valence-corrected chi connectivity index (χ1v) is 5.31. The molecule has 2 heterocycles. The van der Waals surface area contributed by atoms with Gasteiger partial charge in [-0.2, -0.15) is 0 Å². The van der Waals surface area contributed by atoms with Gasteiger partial charge in [0, 0.05) is 5.69 Å². The summed E-state index contributed by atoms with van der Waals surface area (Å²) in [4.78, 5) is 20.3. The van der Waals surface area contributed by atoms with E-state index in [9.17, 15) is 9.18 Å². The predicted molar refractivity (Wildman–Crippen MR) is 66.4 cm³/mol. The lowest BCUT2D eigenvalue weighted by molar-refractivity contribution is 0.628. The maximum absolute atomic E-state index is 13.0. The summed E-state index contributed by atoms with van der Waals surface area (Å²) in [6, 6.07) is 7.83. The van der Waals surface area contributed by atoms with E-state index < -0.39 is 0 Å². The summed E-state index contributed by atoms with van der Waals surface area (Å²) in [6.45, 7) is 0. The highest BCUT2D eigenvalue weighted by Gasteiger charge is 2.02. The molecule has 0 atom stereocenters. The summed E-state index contributed by atoms with van der Waals surface area (Å²) in [5.41, 5.74) is 2.07. The van der Waals surface area contributed by atoms with Gasteiger partial charge in [-0.3, -0.25) is 4.98 Å². The SMILES string of the molecule is O=c1[nH]c2cc(Nc3cccc(F)c3)cnc2[nH]1. The second-order valence-electron chi connectivity index (χ2n) is 3.83. The molecule has 2 aromatic heterocycles. The second-order valence-corrected chi connectivity index (χ2v) is 3.83. The van der Waals surface area contributed by atoms with Crippen molar-refractivity contribution in [2.75, 3.05) is 5.32 Å². The Bertz CT molecular complexity index is 762. The zero-order valence-electron chi connectivity index (χ0n) is 9.20. The Balaban J connectivity index is 1.97. The van der Waals surface area contributed by atoms with Crippen molar-refractivity contribution < 1.29 is 4.39 Å². The summed E-state index contributed by atoms with van der Waals surface area (Å²) in [7, 11) is 0. The first-order chi connectivity index (χ1) is 8.70. The maximum Gasteiger partial charge on any atom is 0.325 e. The Morgan fingerprint density at radius 2 is 2.06 bits per heavy atom. The van der Waals surface area contributed by atoms with Crippen LogP contribution in [0.2, 0.25) is 0 Å². The van der Waals surface area contributed by atoms with E-state index in [1.807, 2.05) is 0 Å². The number of aromatic nitrogens is 3. The number of rotatable bonds is 2. The molecule has 6 heteroatoms. The molecule has 3 N–H and O–H groups in total. The molecule has 18 heavy (non-hydrogen) atoms. The Kier molecular flexibility index (Phi) is 2.33. The van der Waals surface area contributed by atoms with Crippen molar-refractivity contribution >= 4 is 22.5 Å². The molecule has 0 aliphatic rings. The molecule has 3 rings (SSSR count). The summed E-state index contributed by atoms with van der Waals surface area (Å²) in [5.74, 6) is -0.316. The number of nitrogens with zero attached hydrogens (tertiary/aromatic N) is 1. The molecule has 0 amide bonds. The van der Waals surface area contributed by atoms with Crippen LogP contribution in [0.15, 0.2) is 41.3 Å². The Hall–Kier alpha value is -2.63. The molecule has 0 fully saturated rings. The van der Waals surface area contributed by atoms with Crippen LogP contribution in [0, 0.1) is 5.82 Å². The summed E-state index contributed by atoms with van der Waals surface area (Å²) in [6.07, 6.45) is 1.57. The number of benzene rings is 1. The van der Waals surface area contributed by atoms with Gasteiger partial charge in [-0.15, -0.1) is 0 Å². The van der Waals surface area contributed by atoms with E-state index in [0.29, 0.717) is 22.5 Å². The third kappa shape index (κ3) is 1.95. The topological polar surface area (TPSA) is 73.6 Å². The minimum atomic E-state index is -0.316. The number of fused-ring (bicyclic) bond motifs is 1. The Labute approximate surface area is 101 Å². The predicted octanol–water partition coefficient (Wildman–Crippen LogP) is 2.13. The van der Waals surface area contributed by atoms with E-state index in [-0.39, 0.29) is 11.5 Å². The third-order valence-electron chi connectivity index (χ3n) is 2.48. The van der Waals surface area contributed by atoms with Gasteiger partial charge < -0.3 is 10.3 Å². The number of imidazole rings is 1. The molecule has 0 spiro atoms. The van der Waals surface area contributed by atoms with Crippen LogP contribution in [0.1, 0.15) is 0 Å². The lowest BCUT2D eigenvalue weighted by Crippen LogP contribution is -1.99. The van der Waals surface area contributed by atoms with Crippen LogP contribution in [0.4, 0.5) is 15.8 Å². The van der Waals surface area contributed by atoms with Crippen molar-refractivity contribution in [3.8, 4) is 0 Å². The molecule has 0 aliphatic heterocycles. The molecule has 90 valence electrons. The Morgan fingerprint density at radius 1 is 1.17 bits per heavy atom. The van der Waals surface area contributed by atoms with Crippen LogP contribution in [0.5, 0.6) is 0 Å². The molecular weight excluding hydrogens is 235 g/mol. The van der Waals surface area contributed by atoms with E-state index in [4.69, 9.17) is 0 Å². The monoisotopic (exact) mass is 244 g/mol. The Morgan fingerprint density at radius 3 is 2.89 bits per heavy atom. The van der Waals surface area contributed by atoms with Gasteiger partial charge >= 0.3 is 5.69 Å². The molecule has 0 saturated carbocycles. The zero-order chi connectivity index (χ0) is 12.5. The van der Waals surface area contributed by atoms with Crippen LogP contribution in [0.3, 0.4) is 0 Å². The minimum absolute atomic E-state index is 0.305. The van der Waals surface area contributed by atoms with Gasteiger partial charge in [0.1, 0.15) is 5.82 Å². The molecule has 0 bridgehead atoms. The summed E-state index contributed by atoms with van der Waals surface area (Å²) < 4.78 is 13.0. The van der Waals surface area contributed by atoms with Crippen molar-refractivity contribution in [1.82, 2.24) is 15.0 Å². The van der Waals surface area contributed by atoms with Gasteiger partial charge in [-0.1, -0.05) is 6.07 Å². The number of nitrogens with one attached hydrogen (secondary N) is 3. The number of pyridine rings is 1. The first-order valence-electron chi connectivity index (χ1n) is 5.31. The standard InChI is InChI=1S/C12H9FN4O/c13-7-2-1-3-8(4-7)15-9-5-10-11(14-6-9)17-12(18)16-10/h1-6,15H,(H2,14,16,17,18). The van der Waals surface area contributed by atoms with Crippen LogP contribution >= 0.6 is 0 Å². The number of aromatic amines is 2. The van der Waals surface area contributed by atoms with Crippen LogP contribution in [-0.2, 0) is 0 Å². The lowest BCUT2D eigenvalue weighted by Gasteiger charge is -2.05. The third-order valence-corrected chi connectivity index (χ3v) is 2.48. The fourth-order valence-electron chi connectivity index (χ4n) is 1.72. The molecule has 0 aliphatic carbocycles. The summed E-state index contributed by atoms with van der Waals surface area (Å²) >= 11 is 0. The molecule has 5 nitrogen and oxygen atoms in total. The zero-order valence-corrected chi connectivity index (χ0v) is 9.20. The number of H-pyrrole nitrogens is 2.